The molecule has 0 saturated carbocycles. The number of thiophene rings is 1. The number of carbonyl (C=O) groups excluding carboxylic acids is 1. The van der Waals surface area contributed by atoms with E-state index in [1.54, 1.807) is 17.7 Å². The number of alkyl carbamates (subject to hydrolysis) is 1. The number of nitrogens with zero attached hydrogens (tertiary/aromatic N) is 3. The van der Waals surface area contributed by atoms with E-state index in [9.17, 15) is 4.79 Å². The van der Waals surface area contributed by atoms with Gasteiger partial charge in [-0.1, -0.05) is 0 Å². The molecular formula is C18H26N4O2S. The summed E-state index contributed by atoms with van der Waals surface area (Å²) in [6.07, 6.45) is 3.08. The molecule has 0 spiro atoms. The van der Waals surface area contributed by atoms with Crippen molar-refractivity contribution in [3.8, 4) is 0 Å². The fourth-order valence-corrected chi connectivity index (χ4v) is 4.10. The van der Waals surface area contributed by atoms with Crippen LogP contribution in [0.1, 0.15) is 44.1 Å². The molecule has 1 fully saturated rings. The van der Waals surface area contributed by atoms with E-state index in [0.29, 0.717) is 0 Å². The summed E-state index contributed by atoms with van der Waals surface area (Å²) in [5.41, 5.74) is 0.802. The highest BCUT2D eigenvalue weighted by Gasteiger charge is 2.25. The Morgan fingerprint density at radius 1 is 1.28 bits per heavy atom. The van der Waals surface area contributed by atoms with Crippen LogP contribution in [-0.4, -0.2) is 40.8 Å². The van der Waals surface area contributed by atoms with E-state index in [1.807, 2.05) is 20.8 Å². The van der Waals surface area contributed by atoms with E-state index < -0.39 is 5.60 Å². The summed E-state index contributed by atoms with van der Waals surface area (Å²) >= 11 is 1.72. The molecule has 1 saturated heterocycles. The van der Waals surface area contributed by atoms with Crippen LogP contribution >= 0.6 is 11.3 Å². The van der Waals surface area contributed by atoms with Crippen LogP contribution in [0.5, 0.6) is 0 Å². The SMILES string of the molecule is Cc1sc2ncnc(N3CCC(NC(=O)OC(C)(C)C)CC3)c2c1C. The van der Waals surface area contributed by atoms with Gasteiger partial charge in [-0.2, -0.15) is 0 Å². The van der Waals surface area contributed by atoms with Crippen molar-refractivity contribution in [3.63, 3.8) is 0 Å². The van der Waals surface area contributed by atoms with Crippen LogP contribution in [0.2, 0.25) is 0 Å². The van der Waals surface area contributed by atoms with E-state index in [1.165, 1.54) is 15.8 Å². The number of nitrogens with one attached hydrogen (secondary N) is 1. The number of piperidine rings is 1. The lowest BCUT2D eigenvalue weighted by Gasteiger charge is -2.33. The third-order valence-corrected chi connectivity index (χ3v) is 5.58. The Morgan fingerprint density at radius 2 is 1.96 bits per heavy atom. The first-order valence-electron chi connectivity index (χ1n) is 8.70. The Balaban J connectivity index is 1.66. The van der Waals surface area contributed by atoms with Gasteiger partial charge in [0.15, 0.2) is 0 Å². The molecular weight excluding hydrogens is 336 g/mol. The van der Waals surface area contributed by atoms with Crippen LogP contribution in [0.25, 0.3) is 10.2 Å². The second-order valence-corrected chi connectivity index (χ2v) is 8.77. The zero-order valence-corrected chi connectivity index (χ0v) is 16.4. The minimum atomic E-state index is -0.467. The molecule has 0 bridgehead atoms. The van der Waals surface area contributed by atoms with E-state index in [0.717, 1.165) is 36.6 Å². The molecule has 1 N–H and O–H groups in total. The molecule has 7 heteroatoms. The molecule has 1 amide bonds. The number of ether oxygens (including phenoxy) is 1. The van der Waals surface area contributed by atoms with Gasteiger partial charge < -0.3 is 15.0 Å². The van der Waals surface area contributed by atoms with E-state index in [2.05, 4.69) is 34.0 Å². The third kappa shape index (κ3) is 4.03. The summed E-state index contributed by atoms with van der Waals surface area (Å²) in [5.74, 6) is 1.02. The Bertz CT molecular complexity index is 773. The minimum Gasteiger partial charge on any atom is -0.444 e. The number of aromatic nitrogens is 2. The van der Waals surface area contributed by atoms with E-state index in [4.69, 9.17) is 4.74 Å². The molecule has 136 valence electrons. The molecule has 0 aliphatic carbocycles. The highest BCUT2D eigenvalue weighted by molar-refractivity contribution is 7.18. The summed E-state index contributed by atoms with van der Waals surface area (Å²) in [6.45, 7) is 11.6. The van der Waals surface area contributed by atoms with Crippen molar-refractivity contribution < 1.29 is 9.53 Å². The number of anilines is 1. The van der Waals surface area contributed by atoms with Crippen molar-refractivity contribution in [1.82, 2.24) is 15.3 Å². The fourth-order valence-electron chi connectivity index (χ4n) is 3.11. The van der Waals surface area contributed by atoms with Gasteiger partial charge in [0, 0.05) is 24.0 Å². The number of amides is 1. The van der Waals surface area contributed by atoms with Crippen molar-refractivity contribution in [2.45, 2.75) is 59.1 Å². The van der Waals surface area contributed by atoms with Crippen molar-refractivity contribution in [1.29, 1.82) is 0 Å². The molecule has 0 atom stereocenters. The molecule has 3 rings (SSSR count). The van der Waals surface area contributed by atoms with E-state index in [-0.39, 0.29) is 12.1 Å². The number of fused-ring (bicyclic) bond motifs is 1. The Labute approximate surface area is 152 Å². The highest BCUT2D eigenvalue weighted by atomic mass is 32.1. The quantitative estimate of drug-likeness (QED) is 0.880. The number of hydrogen-bond acceptors (Lipinski definition) is 6. The maximum Gasteiger partial charge on any atom is 0.407 e. The standard InChI is InChI=1S/C18H26N4O2S/c1-11-12(2)25-16-14(11)15(19-10-20-16)22-8-6-13(7-9-22)21-17(23)24-18(3,4)5/h10,13H,6-9H2,1-5H3,(H,21,23). The van der Waals surface area contributed by atoms with Crippen LogP contribution in [0.15, 0.2) is 6.33 Å². The molecule has 2 aromatic heterocycles. The van der Waals surface area contributed by atoms with Crippen LogP contribution in [0.3, 0.4) is 0 Å². The van der Waals surface area contributed by atoms with E-state index >= 15 is 0 Å². The second-order valence-electron chi connectivity index (χ2n) is 7.57. The lowest BCUT2D eigenvalue weighted by Crippen LogP contribution is -2.46. The molecule has 25 heavy (non-hydrogen) atoms. The second kappa shape index (κ2) is 6.78. The zero-order chi connectivity index (χ0) is 18.2. The van der Waals surface area contributed by atoms with Gasteiger partial charge >= 0.3 is 6.09 Å². The van der Waals surface area contributed by atoms with Gasteiger partial charge in [0.25, 0.3) is 0 Å². The largest absolute Gasteiger partial charge is 0.444 e. The monoisotopic (exact) mass is 362 g/mol. The molecule has 1 aliphatic heterocycles. The Kier molecular flexibility index (Phi) is 4.86. The third-order valence-electron chi connectivity index (χ3n) is 4.46. The molecule has 3 heterocycles. The molecule has 0 unspecified atom stereocenters. The number of hydrogen-bond donors (Lipinski definition) is 1. The number of carbonyl (C=O) groups is 1. The first-order valence-corrected chi connectivity index (χ1v) is 9.51. The molecule has 1 aliphatic rings. The predicted molar refractivity (Wildman–Crippen MR) is 101 cm³/mol. The van der Waals surface area contributed by atoms with Crippen LogP contribution < -0.4 is 10.2 Å². The molecule has 6 nitrogen and oxygen atoms in total. The lowest BCUT2D eigenvalue weighted by molar-refractivity contribution is 0.0497. The Morgan fingerprint density at radius 3 is 2.60 bits per heavy atom. The van der Waals surface area contributed by atoms with Gasteiger partial charge in [-0.3, -0.25) is 0 Å². The summed E-state index contributed by atoms with van der Waals surface area (Å²) in [5, 5.41) is 4.15. The smallest absolute Gasteiger partial charge is 0.407 e. The lowest BCUT2D eigenvalue weighted by atomic mass is 10.0. The summed E-state index contributed by atoms with van der Waals surface area (Å²) < 4.78 is 5.35. The summed E-state index contributed by atoms with van der Waals surface area (Å²) in [7, 11) is 0. The molecule has 0 aromatic carbocycles. The number of aryl methyl sites for hydroxylation is 2. The van der Waals surface area contributed by atoms with Crippen LogP contribution in [-0.2, 0) is 4.74 Å². The van der Waals surface area contributed by atoms with Gasteiger partial charge in [0.05, 0.1) is 5.39 Å². The van der Waals surface area contributed by atoms with Gasteiger partial charge in [-0.25, -0.2) is 14.8 Å². The fraction of sp³-hybridized carbons (Fsp3) is 0.611. The van der Waals surface area contributed by atoms with Gasteiger partial charge in [-0.05, 0) is 53.0 Å². The zero-order valence-electron chi connectivity index (χ0n) is 15.5. The van der Waals surface area contributed by atoms with Crippen LogP contribution in [0.4, 0.5) is 10.6 Å². The molecule has 0 radical (unpaired) electrons. The van der Waals surface area contributed by atoms with Crippen LogP contribution in [0, 0.1) is 13.8 Å². The normalized spacial score (nSPS) is 16.3. The maximum absolute atomic E-state index is 11.9. The minimum absolute atomic E-state index is 0.147. The predicted octanol–water partition coefficient (Wildman–Crippen LogP) is 3.80. The topological polar surface area (TPSA) is 67.4 Å². The number of rotatable bonds is 2. The van der Waals surface area contributed by atoms with Gasteiger partial charge in [0.1, 0.15) is 22.6 Å². The first kappa shape index (κ1) is 17.9. The van der Waals surface area contributed by atoms with Gasteiger partial charge in [0.2, 0.25) is 0 Å². The Hall–Kier alpha value is -1.89. The highest BCUT2D eigenvalue weighted by Crippen LogP contribution is 2.35. The summed E-state index contributed by atoms with van der Waals surface area (Å²) in [6, 6.07) is 0.147. The van der Waals surface area contributed by atoms with Crippen molar-refractivity contribution in [2.24, 2.45) is 0 Å². The summed E-state index contributed by atoms with van der Waals surface area (Å²) in [4.78, 5) is 25.5. The average molecular weight is 362 g/mol. The van der Waals surface area contributed by atoms with Gasteiger partial charge in [-0.15, -0.1) is 11.3 Å². The van der Waals surface area contributed by atoms with Crippen molar-refractivity contribution in [2.75, 3.05) is 18.0 Å². The van der Waals surface area contributed by atoms with Crippen molar-refractivity contribution in [3.05, 3.63) is 16.8 Å². The maximum atomic E-state index is 11.9. The first-order chi connectivity index (χ1) is 11.7. The van der Waals surface area contributed by atoms with Crippen molar-refractivity contribution >= 4 is 33.5 Å². The molecule has 2 aromatic rings. The average Bonchev–Trinajstić information content (AvgIpc) is 2.81.